The van der Waals surface area contributed by atoms with Crippen LogP contribution in [0.15, 0.2) is 60.9 Å². The lowest BCUT2D eigenvalue weighted by Gasteiger charge is -2.35. The van der Waals surface area contributed by atoms with Crippen LogP contribution in [0.1, 0.15) is 78.2 Å². The molecule has 0 aliphatic carbocycles. The Morgan fingerprint density at radius 3 is 2.54 bits per heavy atom. The first kappa shape index (κ1) is 26.8. The van der Waals surface area contributed by atoms with Crippen LogP contribution < -0.4 is 11.1 Å². The Morgan fingerprint density at radius 2 is 1.89 bits per heavy atom. The smallest absolute Gasteiger partial charge is 0.376 e. The molecule has 1 fully saturated rings. The molecular formula is C29H32F3N3O2. The van der Waals surface area contributed by atoms with E-state index >= 15 is 0 Å². The van der Waals surface area contributed by atoms with Crippen molar-refractivity contribution in [3.8, 4) is 11.1 Å². The molecule has 1 aliphatic rings. The van der Waals surface area contributed by atoms with Crippen molar-refractivity contribution in [3.63, 3.8) is 0 Å². The van der Waals surface area contributed by atoms with Crippen molar-refractivity contribution in [3.05, 3.63) is 88.7 Å². The third kappa shape index (κ3) is 6.37. The van der Waals surface area contributed by atoms with E-state index in [1.165, 1.54) is 6.07 Å². The summed E-state index contributed by atoms with van der Waals surface area (Å²) in [6.45, 7) is 6.80. The van der Waals surface area contributed by atoms with Crippen LogP contribution in [0.3, 0.4) is 0 Å². The summed E-state index contributed by atoms with van der Waals surface area (Å²) in [5.74, 6) is 0.0452. The Labute approximate surface area is 215 Å². The van der Waals surface area contributed by atoms with Crippen LogP contribution in [0.4, 0.5) is 13.2 Å². The zero-order chi connectivity index (χ0) is 26.8. The van der Waals surface area contributed by atoms with Crippen LogP contribution in [-0.4, -0.2) is 23.1 Å². The summed E-state index contributed by atoms with van der Waals surface area (Å²) in [6.07, 6.45) is 0.681. The lowest BCUT2D eigenvalue weighted by molar-refractivity contribution is -0.137. The van der Waals surface area contributed by atoms with E-state index in [9.17, 15) is 18.0 Å². The highest BCUT2D eigenvalue weighted by Gasteiger charge is 2.31. The zero-order valence-electron chi connectivity index (χ0n) is 21.2. The molecule has 1 aromatic heterocycles. The van der Waals surface area contributed by atoms with Crippen molar-refractivity contribution >= 4 is 5.91 Å². The van der Waals surface area contributed by atoms with Gasteiger partial charge in [0.25, 0.3) is 5.91 Å². The maximum atomic E-state index is 13.2. The molecule has 1 unspecified atom stereocenters. The summed E-state index contributed by atoms with van der Waals surface area (Å²) in [7, 11) is 0. The van der Waals surface area contributed by atoms with Crippen molar-refractivity contribution in [1.82, 2.24) is 10.3 Å². The molecule has 1 saturated heterocycles. The van der Waals surface area contributed by atoms with Crippen molar-refractivity contribution in [2.24, 2.45) is 5.73 Å². The minimum Gasteiger partial charge on any atom is -0.376 e. The first-order valence-corrected chi connectivity index (χ1v) is 12.4. The number of nitrogens with zero attached hydrogens (tertiary/aromatic N) is 1. The molecule has 196 valence electrons. The molecule has 37 heavy (non-hydrogen) atoms. The molecule has 5 nitrogen and oxygen atoms in total. The second-order valence-electron chi connectivity index (χ2n) is 10.2. The number of hydrogen-bond donors (Lipinski definition) is 2. The fourth-order valence-electron chi connectivity index (χ4n) is 4.84. The van der Waals surface area contributed by atoms with Crippen LogP contribution >= 0.6 is 0 Å². The molecule has 4 rings (SSSR count). The van der Waals surface area contributed by atoms with E-state index < -0.39 is 11.7 Å². The number of halogens is 3. The van der Waals surface area contributed by atoms with Gasteiger partial charge in [-0.2, -0.15) is 13.2 Å². The van der Waals surface area contributed by atoms with Gasteiger partial charge in [0.1, 0.15) is 0 Å². The SMILES string of the molecule is C[C@@H](NC(=O)c1cncc(C2CCOC(C)(C)C2)c1)c1ccc(-c2cc(C(F)(F)F)ccc2CN)cc1. The number of carbonyl (C=O) groups is 1. The molecule has 8 heteroatoms. The third-order valence-corrected chi connectivity index (χ3v) is 6.92. The monoisotopic (exact) mass is 511 g/mol. The number of nitrogens with one attached hydrogen (secondary N) is 1. The van der Waals surface area contributed by atoms with Crippen molar-refractivity contribution in [2.75, 3.05) is 6.61 Å². The number of amides is 1. The van der Waals surface area contributed by atoms with Crippen molar-refractivity contribution in [2.45, 2.75) is 63.9 Å². The maximum absolute atomic E-state index is 13.2. The van der Waals surface area contributed by atoms with Gasteiger partial charge in [0.15, 0.2) is 0 Å². The molecule has 1 aliphatic heterocycles. The van der Waals surface area contributed by atoms with E-state index in [1.54, 1.807) is 30.5 Å². The number of nitrogens with two attached hydrogens (primary N) is 1. The molecule has 3 aromatic rings. The third-order valence-electron chi connectivity index (χ3n) is 6.92. The van der Waals surface area contributed by atoms with Crippen LogP contribution in [0.2, 0.25) is 0 Å². The van der Waals surface area contributed by atoms with E-state index in [0.29, 0.717) is 28.9 Å². The molecule has 0 spiro atoms. The van der Waals surface area contributed by atoms with Gasteiger partial charge >= 0.3 is 6.18 Å². The molecule has 2 heterocycles. The summed E-state index contributed by atoms with van der Waals surface area (Å²) < 4.78 is 45.5. The number of rotatable bonds is 6. The summed E-state index contributed by atoms with van der Waals surface area (Å²) in [5, 5.41) is 3.00. The first-order chi connectivity index (χ1) is 17.5. The zero-order valence-corrected chi connectivity index (χ0v) is 21.2. The average molecular weight is 512 g/mol. The topological polar surface area (TPSA) is 77.2 Å². The number of benzene rings is 2. The summed E-state index contributed by atoms with van der Waals surface area (Å²) >= 11 is 0. The first-order valence-electron chi connectivity index (χ1n) is 12.4. The number of pyridine rings is 1. The van der Waals surface area contributed by atoms with Crippen LogP contribution in [0.25, 0.3) is 11.1 Å². The lowest BCUT2D eigenvalue weighted by Crippen LogP contribution is -2.33. The van der Waals surface area contributed by atoms with E-state index in [-0.39, 0.29) is 30.0 Å². The number of alkyl halides is 3. The molecule has 2 atom stereocenters. The van der Waals surface area contributed by atoms with Gasteiger partial charge in [-0.15, -0.1) is 0 Å². The average Bonchev–Trinajstić information content (AvgIpc) is 2.87. The van der Waals surface area contributed by atoms with Gasteiger partial charge in [0.2, 0.25) is 0 Å². The summed E-state index contributed by atoms with van der Waals surface area (Å²) in [6, 6.07) is 12.3. The maximum Gasteiger partial charge on any atom is 0.416 e. The van der Waals surface area contributed by atoms with Crippen molar-refractivity contribution in [1.29, 1.82) is 0 Å². The van der Waals surface area contributed by atoms with Gasteiger partial charge in [0, 0.05) is 25.5 Å². The Kier molecular flexibility index (Phi) is 7.71. The van der Waals surface area contributed by atoms with Gasteiger partial charge in [-0.05, 0) is 85.5 Å². The summed E-state index contributed by atoms with van der Waals surface area (Å²) in [5.41, 5.74) is 8.88. The molecule has 0 bridgehead atoms. The molecular weight excluding hydrogens is 479 g/mol. The highest BCUT2D eigenvalue weighted by molar-refractivity contribution is 5.94. The van der Waals surface area contributed by atoms with Crippen LogP contribution in [0, 0.1) is 0 Å². The standard InChI is InChI=1S/C29H32F3N3O2/c1-18(35-27(36)24-12-23(16-34-17-24)21-10-11-37-28(2,3)14-21)19-4-6-20(7-5-19)26-13-25(29(30,31)32)9-8-22(26)15-33/h4-9,12-13,16-18,21H,10-11,14-15,33H2,1-3H3,(H,35,36)/t18-,21?/m1/s1. The van der Waals surface area contributed by atoms with Crippen LogP contribution in [-0.2, 0) is 17.5 Å². The minimum absolute atomic E-state index is 0.125. The lowest BCUT2D eigenvalue weighted by atomic mass is 9.84. The van der Waals surface area contributed by atoms with E-state index in [4.69, 9.17) is 10.5 Å². The van der Waals surface area contributed by atoms with Gasteiger partial charge in [-0.3, -0.25) is 9.78 Å². The Balaban J connectivity index is 1.48. The number of hydrogen-bond acceptors (Lipinski definition) is 4. The highest BCUT2D eigenvalue weighted by Crippen LogP contribution is 2.36. The number of carbonyl (C=O) groups excluding carboxylic acids is 1. The van der Waals surface area contributed by atoms with Gasteiger partial charge in [-0.25, -0.2) is 0 Å². The van der Waals surface area contributed by atoms with E-state index in [1.807, 2.05) is 19.2 Å². The van der Waals surface area contributed by atoms with Gasteiger partial charge in [0.05, 0.1) is 22.8 Å². The minimum atomic E-state index is -4.44. The highest BCUT2D eigenvalue weighted by atomic mass is 19.4. The Bertz CT molecular complexity index is 1260. The van der Waals surface area contributed by atoms with Crippen molar-refractivity contribution < 1.29 is 22.7 Å². The van der Waals surface area contributed by atoms with E-state index in [0.717, 1.165) is 36.1 Å². The second-order valence-corrected chi connectivity index (χ2v) is 10.2. The molecule has 1 amide bonds. The largest absolute Gasteiger partial charge is 0.416 e. The van der Waals surface area contributed by atoms with E-state index in [2.05, 4.69) is 24.1 Å². The Hall–Kier alpha value is -3.23. The summed E-state index contributed by atoms with van der Waals surface area (Å²) in [4.78, 5) is 17.3. The van der Waals surface area contributed by atoms with Gasteiger partial charge < -0.3 is 15.8 Å². The molecule has 2 aromatic carbocycles. The van der Waals surface area contributed by atoms with Crippen LogP contribution in [0.5, 0.6) is 0 Å². The normalized spacial score (nSPS) is 18.3. The predicted molar refractivity (Wildman–Crippen MR) is 137 cm³/mol. The van der Waals surface area contributed by atoms with Gasteiger partial charge in [-0.1, -0.05) is 30.3 Å². The number of aromatic nitrogens is 1. The second kappa shape index (κ2) is 10.6. The number of ether oxygens (including phenoxy) is 1. The fraction of sp³-hybridized carbons (Fsp3) is 0.379. The Morgan fingerprint density at radius 1 is 1.16 bits per heavy atom. The molecule has 3 N–H and O–H groups in total. The predicted octanol–water partition coefficient (Wildman–Crippen LogP) is 6.39. The molecule has 0 saturated carbocycles. The fourth-order valence-corrected chi connectivity index (χ4v) is 4.84. The molecule has 0 radical (unpaired) electrons. The quantitative estimate of drug-likeness (QED) is 0.402.